The van der Waals surface area contributed by atoms with Crippen LogP contribution in [0.25, 0.3) is 43.1 Å². The van der Waals surface area contributed by atoms with Gasteiger partial charge >= 0.3 is 0 Å². The van der Waals surface area contributed by atoms with Gasteiger partial charge in [0.1, 0.15) is 0 Å². The number of benzene rings is 5. The van der Waals surface area contributed by atoms with Crippen LogP contribution in [0.5, 0.6) is 0 Å². The minimum atomic E-state index is -0.308. The first-order valence-corrected chi connectivity index (χ1v) is 8.13. The molecular weight excluding hydrogens is 328 g/mol. The van der Waals surface area contributed by atoms with E-state index in [0.29, 0.717) is 21.5 Å². The van der Waals surface area contributed by atoms with Crippen LogP contribution in [0.15, 0.2) is 79.8 Å². The monoisotopic (exact) mass is 338 g/mol. The largest absolute Gasteiger partial charge is 0.289 e. The van der Waals surface area contributed by atoms with Crippen molar-refractivity contribution in [1.29, 1.82) is 0 Å². The van der Waals surface area contributed by atoms with Crippen LogP contribution in [-0.4, -0.2) is 0 Å². The summed E-state index contributed by atoms with van der Waals surface area (Å²) in [6, 6.07) is 16.0. The molecule has 5 aromatic carbocycles. The highest BCUT2D eigenvalue weighted by Crippen LogP contribution is 2.19. The third-order valence-electron chi connectivity index (χ3n) is 4.97. The topological polar surface area (TPSA) is 68.3 Å². The Hall–Kier alpha value is -3.66. The molecule has 0 aliphatic carbocycles. The van der Waals surface area contributed by atoms with Gasteiger partial charge in [-0.25, -0.2) is 0 Å². The second-order valence-electron chi connectivity index (χ2n) is 6.35. The zero-order chi connectivity index (χ0) is 18.0. The Morgan fingerprint density at radius 3 is 0.808 bits per heavy atom. The molecule has 0 radical (unpaired) electrons. The Balaban J connectivity index is 2.16. The highest BCUT2D eigenvalue weighted by molar-refractivity contribution is 6.07. The van der Waals surface area contributed by atoms with Crippen LogP contribution in [0.1, 0.15) is 0 Å². The lowest BCUT2D eigenvalue weighted by molar-refractivity contribution is 1.64. The van der Waals surface area contributed by atoms with Gasteiger partial charge in [-0.05, 0) is 12.1 Å². The number of hydrogen-bond donors (Lipinski definition) is 0. The normalized spacial score (nSPS) is 11.7. The van der Waals surface area contributed by atoms with Crippen LogP contribution < -0.4 is 21.7 Å². The summed E-state index contributed by atoms with van der Waals surface area (Å²) >= 11 is 0. The van der Waals surface area contributed by atoms with E-state index in [1.807, 2.05) is 0 Å². The van der Waals surface area contributed by atoms with Crippen LogP contribution in [0.4, 0.5) is 0 Å². The van der Waals surface area contributed by atoms with E-state index in [1.165, 1.54) is 12.1 Å². The lowest BCUT2D eigenvalue weighted by Gasteiger charge is -2.04. The predicted molar refractivity (Wildman–Crippen MR) is 104 cm³/mol. The molecule has 122 valence electrons. The minimum Gasteiger partial charge on any atom is -0.289 e. The molecule has 0 saturated carbocycles. The van der Waals surface area contributed by atoms with Crippen molar-refractivity contribution in [2.45, 2.75) is 0 Å². The van der Waals surface area contributed by atoms with Crippen molar-refractivity contribution in [1.82, 2.24) is 0 Å². The van der Waals surface area contributed by atoms with Crippen molar-refractivity contribution >= 4 is 43.1 Å². The van der Waals surface area contributed by atoms with Gasteiger partial charge in [0.15, 0.2) is 21.7 Å². The first-order valence-electron chi connectivity index (χ1n) is 8.13. The summed E-state index contributed by atoms with van der Waals surface area (Å²) < 4.78 is 0. The fraction of sp³-hybridized carbons (Fsp3) is 0. The fourth-order valence-corrected chi connectivity index (χ4v) is 3.69. The molecule has 4 nitrogen and oxygen atoms in total. The first-order chi connectivity index (χ1) is 12.6. The Morgan fingerprint density at radius 1 is 0.346 bits per heavy atom. The molecule has 5 aromatic rings. The molecule has 0 amide bonds. The average molecular weight is 338 g/mol. The molecule has 4 heteroatoms. The summed E-state index contributed by atoms with van der Waals surface area (Å²) in [5.41, 5.74) is -1.23. The molecule has 0 N–H and O–H groups in total. The molecule has 0 aromatic heterocycles. The molecule has 0 bridgehead atoms. The van der Waals surface area contributed by atoms with Crippen LogP contribution in [0.2, 0.25) is 0 Å². The van der Waals surface area contributed by atoms with Gasteiger partial charge in [-0.15, -0.1) is 0 Å². The van der Waals surface area contributed by atoms with Gasteiger partial charge in [-0.1, -0.05) is 48.5 Å². The van der Waals surface area contributed by atoms with Crippen LogP contribution >= 0.6 is 0 Å². The van der Waals surface area contributed by atoms with Gasteiger partial charge in [-0.2, -0.15) is 0 Å². The van der Waals surface area contributed by atoms with Crippen molar-refractivity contribution in [3.05, 3.63) is 102 Å². The molecular formula is C22H10O4. The van der Waals surface area contributed by atoms with Crippen molar-refractivity contribution in [2.24, 2.45) is 0 Å². The Kier molecular flexibility index (Phi) is 2.78. The van der Waals surface area contributed by atoms with Crippen molar-refractivity contribution in [3.8, 4) is 0 Å². The zero-order valence-corrected chi connectivity index (χ0v) is 13.4. The van der Waals surface area contributed by atoms with E-state index in [9.17, 15) is 19.2 Å². The Labute approximate surface area is 145 Å². The van der Waals surface area contributed by atoms with Gasteiger partial charge in [0.2, 0.25) is 0 Å². The quantitative estimate of drug-likeness (QED) is 0.407. The van der Waals surface area contributed by atoms with E-state index in [4.69, 9.17) is 0 Å². The Bertz CT molecular complexity index is 1360. The van der Waals surface area contributed by atoms with Crippen molar-refractivity contribution in [3.63, 3.8) is 0 Å². The van der Waals surface area contributed by atoms with E-state index >= 15 is 0 Å². The van der Waals surface area contributed by atoms with E-state index in [2.05, 4.69) is 0 Å². The lowest BCUT2D eigenvalue weighted by atomic mass is 9.96. The van der Waals surface area contributed by atoms with Crippen LogP contribution in [0, 0.1) is 0 Å². The maximum absolute atomic E-state index is 12.8. The van der Waals surface area contributed by atoms with E-state index in [0.717, 1.165) is 0 Å². The second-order valence-corrected chi connectivity index (χ2v) is 6.35. The average Bonchev–Trinajstić information content (AvgIpc) is 2.69. The van der Waals surface area contributed by atoms with Gasteiger partial charge in [-0.3, -0.25) is 19.2 Å². The maximum Gasteiger partial charge on any atom is 0.194 e. The first kappa shape index (κ1) is 14.7. The van der Waals surface area contributed by atoms with Gasteiger partial charge in [0.05, 0.1) is 0 Å². The predicted octanol–water partition coefficient (Wildman–Crippen LogP) is 2.62. The van der Waals surface area contributed by atoms with Crippen LogP contribution in [-0.2, 0) is 0 Å². The summed E-state index contributed by atoms with van der Waals surface area (Å²) in [6.07, 6.45) is 0. The molecule has 0 unspecified atom stereocenters. The SMILES string of the molecule is O=c1c2ccccc2c(=O)c2cc3c(=O)c4ccccc4c(=O)c3cc12. The van der Waals surface area contributed by atoms with Gasteiger partial charge < -0.3 is 0 Å². The summed E-state index contributed by atoms with van der Waals surface area (Å²) in [6.45, 7) is 0. The van der Waals surface area contributed by atoms with E-state index < -0.39 is 0 Å². The second kappa shape index (κ2) is 4.92. The van der Waals surface area contributed by atoms with Crippen molar-refractivity contribution in [2.75, 3.05) is 0 Å². The third kappa shape index (κ3) is 1.73. The van der Waals surface area contributed by atoms with Gasteiger partial charge in [0.25, 0.3) is 0 Å². The molecule has 0 spiro atoms. The van der Waals surface area contributed by atoms with E-state index in [-0.39, 0.29) is 43.3 Å². The van der Waals surface area contributed by atoms with Crippen molar-refractivity contribution < 1.29 is 0 Å². The summed E-state index contributed by atoms with van der Waals surface area (Å²) in [7, 11) is 0. The number of rotatable bonds is 0. The fourth-order valence-electron chi connectivity index (χ4n) is 3.69. The molecule has 5 rings (SSSR count). The molecule has 0 atom stereocenters. The summed E-state index contributed by atoms with van der Waals surface area (Å²) in [5, 5.41) is 1.97. The lowest BCUT2D eigenvalue weighted by Crippen LogP contribution is -2.17. The molecule has 26 heavy (non-hydrogen) atoms. The molecule has 0 fully saturated rings. The summed E-state index contributed by atoms with van der Waals surface area (Å²) in [5.74, 6) is 0. The molecule has 0 saturated heterocycles. The van der Waals surface area contributed by atoms with Crippen LogP contribution in [0.3, 0.4) is 0 Å². The third-order valence-corrected chi connectivity index (χ3v) is 4.97. The Morgan fingerprint density at radius 2 is 0.577 bits per heavy atom. The van der Waals surface area contributed by atoms with E-state index in [1.54, 1.807) is 48.5 Å². The number of hydrogen-bond acceptors (Lipinski definition) is 4. The highest BCUT2D eigenvalue weighted by Gasteiger charge is 2.15. The summed E-state index contributed by atoms with van der Waals surface area (Å²) in [4.78, 5) is 51.3. The number of fused-ring (bicyclic) bond motifs is 4. The minimum absolute atomic E-state index is 0.174. The maximum atomic E-state index is 12.8. The molecule has 0 aliphatic rings. The standard InChI is InChI=1S/C22H10O4/c23-19-11-5-1-2-6-12(11)20(24)16-10-18-17(9-15(16)19)21(25)13-7-3-4-8-14(13)22(18)26/h1-10H. The zero-order valence-electron chi connectivity index (χ0n) is 13.4. The molecule has 0 aliphatic heterocycles. The highest BCUT2D eigenvalue weighted by atomic mass is 16.1. The van der Waals surface area contributed by atoms with Gasteiger partial charge in [0, 0.05) is 43.1 Å². The smallest absolute Gasteiger partial charge is 0.194 e. The molecule has 0 heterocycles.